The van der Waals surface area contributed by atoms with Crippen molar-refractivity contribution in [1.29, 1.82) is 0 Å². The summed E-state index contributed by atoms with van der Waals surface area (Å²) in [7, 11) is 0. The number of nitrogens with zero attached hydrogens (tertiary/aromatic N) is 2. The van der Waals surface area contributed by atoms with E-state index in [0.29, 0.717) is 16.5 Å². The van der Waals surface area contributed by atoms with Crippen LogP contribution < -0.4 is 16.0 Å². The SMILES string of the molecule is CC.CC.CC.CC.CC(C)(C)CCCNC(C)(C)C.CC(C)(C)NCCCNC(C)(C)C.C[C@@H]1CCCN(C(C)(C)C)C1.C[C@H]1CCCN(C(C)(C)C)C1. The summed E-state index contributed by atoms with van der Waals surface area (Å²) in [6.07, 6.45) is 9.39. The number of hydrogen-bond acceptors (Lipinski definition) is 5. The first-order valence-electron chi connectivity index (χ1n) is 23.7. The van der Waals surface area contributed by atoms with E-state index in [1.807, 2.05) is 55.4 Å². The van der Waals surface area contributed by atoms with Crippen LogP contribution in [0.2, 0.25) is 0 Å². The normalized spacial score (nSPS) is 18.1. The molecule has 2 saturated heterocycles. The first-order valence-corrected chi connectivity index (χ1v) is 23.7. The third-order valence-corrected chi connectivity index (χ3v) is 8.63. The summed E-state index contributed by atoms with van der Waals surface area (Å²) >= 11 is 0. The molecule has 0 saturated carbocycles. The van der Waals surface area contributed by atoms with E-state index in [2.05, 4.69) is 164 Å². The van der Waals surface area contributed by atoms with Crippen molar-refractivity contribution in [3.05, 3.63) is 0 Å². The molecule has 0 aliphatic carbocycles. The van der Waals surface area contributed by atoms with Crippen LogP contribution in [0, 0.1) is 17.3 Å². The molecule has 2 rings (SSSR count). The lowest BCUT2D eigenvalue weighted by Crippen LogP contribution is -2.46. The van der Waals surface area contributed by atoms with Gasteiger partial charge in [0.05, 0.1) is 0 Å². The number of hydrogen-bond donors (Lipinski definition) is 3. The summed E-state index contributed by atoms with van der Waals surface area (Å²) in [6.45, 7) is 69.8. The minimum atomic E-state index is 0.252. The van der Waals surface area contributed by atoms with Crippen LogP contribution in [0.5, 0.6) is 0 Å². The van der Waals surface area contributed by atoms with Gasteiger partial charge in [-0.1, -0.05) is 90.0 Å². The topological polar surface area (TPSA) is 42.6 Å². The average molecular weight is 789 g/mol. The van der Waals surface area contributed by atoms with Gasteiger partial charge in [0.1, 0.15) is 0 Å². The Bertz CT molecular complexity index is 686. The zero-order chi connectivity index (χ0) is 45.3. The maximum atomic E-state index is 3.49. The molecule has 342 valence electrons. The van der Waals surface area contributed by atoms with Crippen LogP contribution in [0.1, 0.15) is 239 Å². The molecule has 3 N–H and O–H groups in total. The van der Waals surface area contributed by atoms with Gasteiger partial charge in [-0.25, -0.2) is 0 Å². The van der Waals surface area contributed by atoms with E-state index in [-0.39, 0.29) is 16.6 Å². The zero-order valence-electron chi connectivity index (χ0n) is 44.4. The monoisotopic (exact) mass is 788 g/mol. The molecule has 0 aromatic rings. The Hall–Kier alpha value is -0.200. The van der Waals surface area contributed by atoms with Gasteiger partial charge in [-0.3, -0.25) is 9.80 Å². The predicted molar refractivity (Wildman–Crippen MR) is 261 cm³/mol. The Balaban J connectivity index is -0.000000137. The van der Waals surface area contributed by atoms with Crippen molar-refractivity contribution in [2.24, 2.45) is 17.3 Å². The summed E-state index contributed by atoms with van der Waals surface area (Å²) in [4.78, 5) is 5.20. The van der Waals surface area contributed by atoms with E-state index in [0.717, 1.165) is 31.5 Å². The molecule has 0 bridgehead atoms. The van der Waals surface area contributed by atoms with E-state index < -0.39 is 0 Å². The molecule has 2 aliphatic heterocycles. The lowest BCUT2D eigenvalue weighted by Gasteiger charge is -2.40. The van der Waals surface area contributed by atoms with Gasteiger partial charge in [-0.05, 0) is 199 Å². The third-order valence-electron chi connectivity index (χ3n) is 8.63. The van der Waals surface area contributed by atoms with Crippen molar-refractivity contribution < 1.29 is 0 Å². The standard InChI is InChI=1S/C11H26N2.C11H25N.2C10H21N.4C2H6/c1-10(2,3)12-8-7-9-13-11(4,5)6;1-10(2,3)8-7-9-12-11(4,5)6;2*1-9-6-5-7-11(8-9)10(2,3)4;4*1-2/h12-13H,7-9H2,1-6H3;12H,7-9H2,1-6H3;2*9H,5-8H2,1-4H3;4*1-2H3/t;;2*9-;;;;/m..10..../s1. The molecule has 5 heteroatoms. The predicted octanol–water partition coefficient (Wildman–Crippen LogP) is 14.5. The fraction of sp³-hybridized carbons (Fsp3) is 1.00. The fourth-order valence-electron chi connectivity index (χ4n) is 5.69. The first-order chi connectivity index (χ1) is 24.9. The Morgan fingerprint density at radius 2 is 0.673 bits per heavy atom. The first kappa shape index (κ1) is 66.6. The quantitative estimate of drug-likeness (QED) is 0.224. The van der Waals surface area contributed by atoms with E-state index >= 15 is 0 Å². The number of likely N-dealkylation sites (tertiary alicyclic amines) is 2. The Labute approximate surface area is 354 Å². The molecule has 0 radical (unpaired) electrons. The molecular weight excluding hydrogens is 671 g/mol. The zero-order valence-corrected chi connectivity index (χ0v) is 44.4. The van der Waals surface area contributed by atoms with Crippen LogP contribution in [0.3, 0.4) is 0 Å². The molecule has 2 atom stereocenters. The van der Waals surface area contributed by atoms with E-state index in [1.165, 1.54) is 71.1 Å². The highest BCUT2D eigenvalue weighted by Crippen LogP contribution is 2.24. The average Bonchev–Trinajstić information content (AvgIpc) is 3.05. The lowest BCUT2D eigenvalue weighted by molar-refractivity contribution is 0.0843. The van der Waals surface area contributed by atoms with E-state index in [4.69, 9.17) is 0 Å². The number of nitrogens with one attached hydrogen (secondary N) is 3. The highest BCUT2D eigenvalue weighted by Gasteiger charge is 2.26. The van der Waals surface area contributed by atoms with Gasteiger partial charge >= 0.3 is 0 Å². The summed E-state index contributed by atoms with van der Waals surface area (Å²) in [5, 5.41) is 10.4. The molecule has 0 unspecified atom stereocenters. The van der Waals surface area contributed by atoms with Gasteiger partial charge in [-0.2, -0.15) is 0 Å². The maximum Gasteiger partial charge on any atom is 0.0125 e. The van der Waals surface area contributed by atoms with Gasteiger partial charge in [0.2, 0.25) is 0 Å². The lowest BCUT2D eigenvalue weighted by atomic mass is 9.90. The Morgan fingerprint density at radius 3 is 0.855 bits per heavy atom. The minimum Gasteiger partial charge on any atom is -0.312 e. The van der Waals surface area contributed by atoms with Gasteiger partial charge in [0, 0.05) is 40.8 Å². The van der Waals surface area contributed by atoms with Crippen LogP contribution in [-0.4, -0.2) is 83.3 Å². The van der Waals surface area contributed by atoms with Gasteiger partial charge in [0.25, 0.3) is 0 Å². The van der Waals surface area contributed by atoms with Crippen molar-refractivity contribution in [2.75, 3.05) is 45.8 Å². The molecule has 2 fully saturated rings. The number of rotatable bonds is 7. The second-order valence-corrected chi connectivity index (χ2v) is 21.3. The van der Waals surface area contributed by atoms with Crippen molar-refractivity contribution in [1.82, 2.24) is 25.8 Å². The van der Waals surface area contributed by atoms with Gasteiger partial charge in [0.15, 0.2) is 0 Å². The minimum absolute atomic E-state index is 0.252. The van der Waals surface area contributed by atoms with Crippen molar-refractivity contribution in [3.8, 4) is 0 Å². The molecule has 0 aromatic carbocycles. The molecule has 0 amide bonds. The van der Waals surface area contributed by atoms with Crippen molar-refractivity contribution in [2.45, 2.75) is 267 Å². The van der Waals surface area contributed by atoms with E-state index in [9.17, 15) is 0 Å². The fourth-order valence-corrected chi connectivity index (χ4v) is 5.69. The van der Waals surface area contributed by atoms with Crippen LogP contribution >= 0.6 is 0 Å². The maximum absolute atomic E-state index is 3.49. The molecule has 0 aromatic heterocycles. The molecule has 2 heterocycles. The van der Waals surface area contributed by atoms with Crippen LogP contribution in [0.4, 0.5) is 0 Å². The number of piperidine rings is 2. The van der Waals surface area contributed by atoms with E-state index in [1.54, 1.807) is 0 Å². The Morgan fingerprint density at radius 1 is 0.418 bits per heavy atom. The molecule has 2 aliphatic rings. The highest BCUT2D eigenvalue weighted by molar-refractivity contribution is 4.82. The third kappa shape index (κ3) is 55.9. The summed E-state index contributed by atoms with van der Waals surface area (Å²) < 4.78 is 0. The summed E-state index contributed by atoms with van der Waals surface area (Å²) in [5.74, 6) is 1.81. The van der Waals surface area contributed by atoms with Gasteiger partial charge in [-0.15, -0.1) is 0 Å². The molecular formula is C50H117N5. The summed E-state index contributed by atoms with van der Waals surface area (Å²) in [6, 6.07) is 0. The molecule has 0 spiro atoms. The van der Waals surface area contributed by atoms with Crippen LogP contribution in [0.25, 0.3) is 0 Å². The second kappa shape index (κ2) is 35.7. The molecule has 5 nitrogen and oxygen atoms in total. The van der Waals surface area contributed by atoms with Crippen LogP contribution in [0.15, 0.2) is 0 Å². The largest absolute Gasteiger partial charge is 0.312 e. The smallest absolute Gasteiger partial charge is 0.0125 e. The summed E-state index contributed by atoms with van der Waals surface area (Å²) in [5.41, 5.74) is 2.03. The van der Waals surface area contributed by atoms with Crippen LogP contribution in [-0.2, 0) is 0 Å². The van der Waals surface area contributed by atoms with Crippen molar-refractivity contribution >= 4 is 0 Å². The second-order valence-electron chi connectivity index (χ2n) is 21.3. The van der Waals surface area contributed by atoms with Gasteiger partial charge < -0.3 is 16.0 Å². The highest BCUT2D eigenvalue weighted by atomic mass is 15.2. The van der Waals surface area contributed by atoms with Crippen molar-refractivity contribution in [3.63, 3.8) is 0 Å². The molecule has 55 heavy (non-hydrogen) atoms. The Kier molecular flexibility index (Phi) is 43.3.